The lowest BCUT2D eigenvalue weighted by atomic mass is 10.2. The maximum atomic E-state index is 13.6. The van der Waals surface area contributed by atoms with Crippen LogP contribution in [0.25, 0.3) is 0 Å². The smallest absolute Gasteiger partial charge is 0.272 e. The van der Waals surface area contributed by atoms with E-state index in [9.17, 15) is 27.2 Å². The Labute approximate surface area is 165 Å². The van der Waals surface area contributed by atoms with Crippen molar-refractivity contribution in [2.24, 2.45) is 0 Å². The molecule has 0 unspecified atom stereocenters. The molecule has 0 aliphatic rings. The Morgan fingerprint density at radius 2 is 1.72 bits per heavy atom. The summed E-state index contributed by atoms with van der Waals surface area (Å²) in [6.07, 6.45) is 0. The molecule has 6 nitrogen and oxygen atoms in total. The van der Waals surface area contributed by atoms with Gasteiger partial charge in [-0.15, -0.1) is 0 Å². The first kappa shape index (κ1) is 20.3. The van der Waals surface area contributed by atoms with Gasteiger partial charge in [-0.1, -0.05) is 23.7 Å². The number of carbonyl (C=O) groups is 2. The van der Waals surface area contributed by atoms with E-state index in [1.165, 1.54) is 12.1 Å². The maximum absolute atomic E-state index is 13.6. The first-order chi connectivity index (χ1) is 13.8. The average molecular weight is 427 g/mol. The lowest BCUT2D eigenvalue weighted by molar-refractivity contribution is 0.0944. The molecule has 0 saturated carbocycles. The number of aromatic nitrogens is 2. The van der Waals surface area contributed by atoms with Gasteiger partial charge in [0.15, 0.2) is 29.0 Å². The number of hydrogen-bond donors (Lipinski definition) is 3. The average Bonchev–Trinajstić information content (AvgIpc) is 3.14. The number of benzene rings is 2. The van der Waals surface area contributed by atoms with Crippen molar-refractivity contribution in [3.63, 3.8) is 0 Å². The third-order valence-electron chi connectivity index (χ3n) is 3.78. The highest BCUT2D eigenvalue weighted by molar-refractivity contribution is 6.34. The largest absolute Gasteiger partial charge is 0.346 e. The molecular formula is C18H11ClF4N4O2. The van der Waals surface area contributed by atoms with Crippen molar-refractivity contribution >= 4 is 29.2 Å². The Balaban J connectivity index is 1.66. The Kier molecular flexibility index (Phi) is 5.83. The summed E-state index contributed by atoms with van der Waals surface area (Å²) in [5, 5.41) is 10.4. The van der Waals surface area contributed by atoms with Crippen LogP contribution in [0.4, 0.5) is 23.4 Å². The standard InChI is InChI=1S/C18H11ClF4N4O2/c19-10-5-13(22)12(21)4-9(10)17(28)25-15-6-14(26-27-15)18(29)24-7-8-2-1-3-11(20)16(8)23/h1-6H,7H2,(H,24,29)(H2,25,26,27,28). The molecule has 11 heteroatoms. The third-order valence-corrected chi connectivity index (χ3v) is 4.10. The summed E-state index contributed by atoms with van der Waals surface area (Å²) >= 11 is 5.73. The van der Waals surface area contributed by atoms with E-state index >= 15 is 0 Å². The zero-order valence-electron chi connectivity index (χ0n) is 14.3. The zero-order valence-corrected chi connectivity index (χ0v) is 15.1. The molecule has 0 atom stereocenters. The third kappa shape index (κ3) is 4.54. The van der Waals surface area contributed by atoms with Crippen LogP contribution >= 0.6 is 11.6 Å². The zero-order chi connectivity index (χ0) is 21.1. The van der Waals surface area contributed by atoms with Gasteiger partial charge in [0.05, 0.1) is 10.6 Å². The molecule has 0 aliphatic heterocycles. The van der Waals surface area contributed by atoms with Crippen molar-refractivity contribution in [1.29, 1.82) is 0 Å². The minimum absolute atomic E-state index is 0.0297. The molecule has 1 heterocycles. The molecule has 0 saturated heterocycles. The van der Waals surface area contributed by atoms with E-state index in [1.54, 1.807) is 0 Å². The summed E-state index contributed by atoms with van der Waals surface area (Å²) in [6, 6.07) is 5.99. The summed E-state index contributed by atoms with van der Waals surface area (Å²) in [6.45, 7) is -0.290. The number of rotatable bonds is 5. The fourth-order valence-electron chi connectivity index (χ4n) is 2.34. The van der Waals surface area contributed by atoms with E-state index in [0.29, 0.717) is 12.1 Å². The van der Waals surface area contributed by atoms with Crippen LogP contribution < -0.4 is 10.6 Å². The molecule has 150 valence electrons. The summed E-state index contributed by atoms with van der Waals surface area (Å²) in [4.78, 5) is 24.2. The van der Waals surface area contributed by atoms with Crippen LogP contribution in [0, 0.1) is 23.3 Å². The van der Waals surface area contributed by atoms with Crippen LogP contribution in [0.3, 0.4) is 0 Å². The Hall–Kier alpha value is -3.40. The quantitative estimate of drug-likeness (QED) is 0.428. The molecule has 3 aromatic rings. The number of H-pyrrole nitrogens is 1. The molecule has 1 aromatic heterocycles. The van der Waals surface area contributed by atoms with Gasteiger partial charge in [-0.25, -0.2) is 17.6 Å². The van der Waals surface area contributed by atoms with Gasteiger partial charge >= 0.3 is 0 Å². The molecule has 2 aromatic carbocycles. The second-order valence-corrected chi connectivity index (χ2v) is 6.17. The highest BCUT2D eigenvalue weighted by Gasteiger charge is 2.17. The summed E-state index contributed by atoms with van der Waals surface area (Å²) in [7, 11) is 0. The van der Waals surface area contributed by atoms with E-state index in [0.717, 1.165) is 12.1 Å². The summed E-state index contributed by atoms with van der Waals surface area (Å²) < 4.78 is 53.2. The highest BCUT2D eigenvalue weighted by Crippen LogP contribution is 2.21. The predicted octanol–water partition coefficient (Wildman–Crippen LogP) is 3.80. The fourth-order valence-corrected chi connectivity index (χ4v) is 2.58. The molecule has 0 spiro atoms. The van der Waals surface area contributed by atoms with Crippen LogP contribution in [0.1, 0.15) is 26.4 Å². The van der Waals surface area contributed by atoms with Crippen molar-refractivity contribution in [2.45, 2.75) is 6.54 Å². The van der Waals surface area contributed by atoms with Crippen LogP contribution in [-0.4, -0.2) is 22.0 Å². The molecule has 0 radical (unpaired) electrons. The number of hydrogen-bond acceptors (Lipinski definition) is 3. The predicted molar refractivity (Wildman–Crippen MR) is 95.4 cm³/mol. The Morgan fingerprint density at radius 3 is 2.48 bits per heavy atom. The number of amides is 2. The number of carbonyl (C=O) groups excluding carboxylic acids is 2. The topological polar surface area (TPSA) is 86.9 Å². The minimum Gasteiger partial charge on any atom is -0.346 e. The van der Waals surface area contributed by atoms with Gasteiger partial charge < -0.3 is 10.6 Å². The normalized spacial score (nSPS) is 10.7. The van der Waals surface area contributed by atoms with Crippen molar-refractivity contribution in [3.05, 3.63) is 81.5 Å². The van der Waals surface area contributed by atoms with Crippen molar-refractivity contribution in [1.82, 2.24) is 15.5 Å². The number of halogens is 5. The van der Waals surface area contributed by atoms with Gasteiger partial charge in [0.25, 0.3) is 11.8 Å². The van der Waals surface area contributed by atoms with Gasteiger partial charge in [-0.05, 0) is 18.2 Å². The first-order valence-electron chi connectivity index (χ1n) is 7.98. The van der Waals surface area contributed by atoms with E-state index in [-0.39, 0.29) is 34.2 Å². The van der Waals surface area contributed by atoms with Crippen molar-refractivity contribution < 1.29 is 27.2 Å². The number of nitrogens with one attached hydrogen (secondary N) is 3. The Bertz CT molecular complexity index is 1100. The molecule has 3 rings (SSSR count). The number of nitrogens with zero attached hydrogens (tertiary/aromatic N) is 1. The molecule has 2 amide bonds. The van der Waals surface area contributed by atoms with Gasteiger partial charge in [0.2, 0.25) is 0 Å². The SMILES string of the molecule is O=C(NCc1cccc(F)c1F)c1cc(NC(=O)c2cc(F)c(F)cc2Cl)[nH]n1. The molecule has 0 fully saturated rings. The molecule has 3 N–H and O–H groups in total. The lowest BCUT2D eigenvalue weighted by Crippen LogP contribution is -2.23. The Morgan fingerprint density at radius 1 is 1.00 bits per heavy atom. The van der Waals surface area contributed by atoms with Crippen LogP contribution in [0.5, 0.6) is 0 Å². The maximum Gasteiger partial charge on any atom is 0.272 e. The van der Waals surface area contributed by atoms with E-state index in [4.69, 9.17) is 11.6 Å². The van der Waals surface area contributed by atoms with Crippen molar-refractivity contribution in [2.75, 3.05) is 5.32 Å². The van der Waals surface area contributed by atoms with Crippen LogP contribution in [-0.2, 0) is 6.54 Å². The molecule has 29 heavy (non-hydrogen) atoms. The molecular weight excluding hydrogens is 416 g/mol. The van der Waals surface area contributed by atoms with Gasteiger partial charge in [-0.2, -0.15) is 5.10 Å². The minimum atomic E-state index is -1.26. The van der Waals surface area contributed by atoms with Gasteiger partial charge in [0, 0.05) is 18.2 Å². The lowest BCUT2D eigenvalue weighted by Gasteiger charge is -2.05. The molecule has 0 bridgehead atoms. The van der Waals surface area contributed by atoms with Crippen LogP contribution in [0.15, 0.2) is 36.4 Å². The summed E-state index contributed by atoms with van der Waals surface area (Å²) in [5.74, 6) is -6.21. The van der Waals surface area contributed by atoms with Crippen LogP contribution in [0.2, 0.25) is 5.02 Å². The second-order valence-electron chi connectivity index (χ2n) is 5.76. The number of aromatic amines is 1. The fraction of sp³-hybridized carbons (Fsp3) is 0.0556. The summed E-state index contributed by atoms with van der Waals surface area (Å²) in [5.41, 5.74) is -0.545. The van der Waals surface area contributed by atoms with Gasteiger partial charge in [0.1, 0.15) is 5.82 Å². The van der Waals surface area contributed by atoms with E-state index in [2.05, 4.69) is 20.8 Å². The monoisotopic (exact) mass is 426 g/mol. The second kappa shape index (κ2) is 8.31. The first-order valence-corrected chi connectivity index (χ1v) is 8.36. The van der Waals surface area contributed by atoms with Gasteiger partial charge in [-0.3, -0.25) is 14.7 Å². The van der Waals surface area contributed by atoms with E-state index < -0.39 is 35.1 Å². The highest BCUT2D eigenvalue weighted by atomic mass is 35.5. The molecule has 0 aliphatic carbocycles. The van der Waals surface area contributed by atoms with E-state index in [1.807, 2.05) is 0 Å². The number of anilines is 1. The van der Waals surface area contributed by atoms with Crippen molar-refractivity contribution in [3.8, 4) is 0 Å².